The van der Waals surface area contributed by atoms with Gasteiger partial charge in [-0.25, -0.2) is 0 Å². The number of rotatable bonds is 2. The minimum absolute atomic E-state index is 0.0680. The van der Waals surface area contributed by atoms with E-state index < -0.39 is 12.1 Å². The predicted octanol–water partition coefficient (Wildman–Crippen LogP) is 2.00. The lowest BCUT2D eigenvalue weighted by Crippen LogP contribution is -2.39. The zero-order valence-electron chi connectivity index (χ0n) is 8.13. The van der Waals surface area contributed by atoms with Crippen LogP contribution in [-0.2, 0) is 4.79 Å². The molecule has 1 saturated heterocycles. The van der Waals surface area contributed by atoms with Crippen LogP contribution in [0.3, 0.4) is 0 Å². The van der Waals surface area contributed by atoms with Crippen LogP contribution < -0.4 is 0 Å². The molecule has 1 heterocycles. The van der Waals surface area contributed by atoms with E-state index in [0.717, 1.165) is 4.90 Å². The Hall–Kier alpha value is -1.26. The third-order valence-electron chi connectivity index (χ3n) is 2.55. The number of carbonyl (C=O) groups excluding carboxylic acids is 1. The molecule has 1 fully saturated rings. The molecule has 0 bridgehead atoms. The van der Waals surface area contributed by atoms with Crippen molar-refractivity contribution >= 4 is 5.91 Å². The molecule has 5 heteroatoms. The summed E-state index contributed by atoms with van der Waals surface area (Å²) >= 11 is 0. The highest BCUT2D eigenvalue weighted by atomic mass is 19.4. The Balaban J connectivity index is 2.73. The first kappa shape index (κ1) is 11.8. The summed E-state index contributed by atoms with van der Waals surface area (Å²) in [7, 11) is 0. The molecular formula is C10H12F3NO. The average Bonchev–Trinajstić information content (AvgIpc) is 2.57. The van der Waals surface area contributed by atoms with Gasteiger partial charge in [0.15, 0.2) is 0 Å². The zero-order chi connectivity index (χ0) is 11.6. The van der Waals surface area contributed by atoms with Crippen molar-refractivity contribution in [3.8, 4) is 0 Å². The Morgan fingerprint density at radius 1 is 1.20 bits per heavy atom. The van der Waals surface area contributed by atoms with Gasteiger partial charge in [-0.2, -0.15) is 13.2 Å². The fraction of sp³-hybridized carbons (Fsp3) is 0.500. The van der Waals surface area contributed by atoms with Gasteiger partial charge in [0.2, 0.25) is 0 Å². The summed E-state index contributed by atoms with van der Waals surface area (Å²) in [5.41, 5.74) is 0. The van der Waals surface area contributed by atoms with Crippen LogP contribution in [0.25, 0.3) is 0 Å². The van der Waals surface area contributed by atoms with Gasteiger partial charge in [0.1, 0.15) is 0 Å². The number of amides is 1. The summed E-state index contributed by atoms with van der Waals surface area (Å²) in [4.78, 5) is 11.7. The summed E-state index contributed by atoms with van der Waals surface area (Å²) < 4.78 is 36.4. The minimum Gasteiger partial charge on any atom is -0.334 e. The SMILES string of the molecule is C=C[C@@H]1CN(C(=O)C(F)(F)F)C[C@@H]1C=C. The summed E-state index contributed by atoms with van der Waals surface area (Å²) in [6.45, 7) is 7.20. The first-order valence-corrected chi connectivity index (χ1v) is 4.51. The van der Waals surface area contributed by atoms with Crippen molar-refractivity contribution in [2.75, 3.05) is 13.1 Å². The molecule has 0 unspecified atom stereocenters. The number of alkyl halides is 3. The standard InChI is InChI=1S/C10H12F3NO/c1-3-7-5-14(6-8(7)4-2)9(15)10(11,12)13/h3-4,7-8H,1-2,5-6H2/t7-,8+. The van der Waals surface area contributed by atoms with E-state index in [1.54, 1.807) is 12.2 Å². The zero-order valence-corrected chi connectivity index (χ0v) is 8.13. The monoisotopic (exact) mass is 219 g/mol. The summed E-state index contributed by atoms with van der Waals surface area (Å²) in [5.74, 6) is -2.04. The smallest absolute Gasteiger partial charge is 0.334 e. The Morgan fingerprint density at radius 2 is 1.60 bits per heavy atom. The molecule has 2 nitrogen and oxygen atoms in total. The van der Waals surface area contributed by atoms with E-state index in [4.69, 9.17) is 0 Å². The molecule has 0 aromatic heterocycles. The Labute approximate surface area is 86.1 Å². The molecule has 0 radical (unpaired) electrons. The maximum atomic E-state index is 12.1. The fourth-order valence-electron chi connectivity index (χ4n) is 1.70. The molecule has 1 aliphatic rings. The first-order valence-electron chi connectivity index (χ1n) is 4.51. The van der Waals surface area contributed by atoms with E-state index in [9.17, 15) is 18.0 Å². The molecule has 2 atom stereocenters. The van der Waals surface area contributed by atoms with Crippen molar-refractivity contribution in [2.24, 2.45) is 11.8 Å². The largest absolute Gasteiger partial charge is 0.471 e. The van der Waals surface area contributed by atoms with Gasteiger partial charge in [-0.05, 0) is 0 Å². The second-order valence-electron chi connectivity index (χ2n) is 3.51. The number of hydrogen-bond acceptors (Lipinski definition) is 1. The van der Waals surface area contributed by atoms with Crippen molar-refractivity contribution in [2.45, 2.75) is 6.18 Å². The number of nitrogens with zero attached hydrogens (tertiary/aromatic N) is 1. The first-order chi connectivity index (χ1) is 6.90. The van der Waals surface area contributed by atoms with E-state index in [-0.39, 0.29) is 24.9 Å². The van der Waals surface area contributed by atoms with Crippen LogP contribution in [0.5, 0.6) is 0 Å². The van der Waals surface area contributed by atoms with E-state index in [0.29, 0.717) is 0 Å². The van der Waals surface area contributed by atoms with Crippen molar-refractivity contribution in [3.63, 3.8) is 0 Å². The quantitative estimate of drug-likeness (QED) is 0.650. The van der Waals surface area contributed by atoms with Crippen LogP contribution in [0.4, 0.5) is 13.2 Å². The molecule has 1 rings (SSSR count). The highest BCUT2D eigenvalue weighted by Gasteiger charge is 2.45. The minimum atomic E-state index is -4.79. The predicted molar refractivity (Wildman–Crippen MR) is 50.0 cm³/mol. The molecule has 0 aromatic rings. The van der Waals surface area contributed by atoms with Crippen LogP contribution in [0.2, 0.25) is 0 Å². The molecule has 1 aliphatic heterocycles. The van der Waals surface area contributed by atoms with Crippen LogP contribution in [0, 0.1) is 11.8 Å². The topological polar surface area (TPSA) is 20.3 Å². The van der Waals surface area contributed by atoms with E-state index in [1.165, 1.54) is 0 Å². The third-order valence-corrected chi connectivity index (χ3v) is 2.55. The Morgan fingerprint density at radius 3 is 1.87 bits per heavy atom. The van der Waals surface area contributed by atoms with Crippen molar-refractivity contribution in [3.05, 3.63) is 25.3 Å². The summed E-state index contributed by atoms with van der Waals surface area (Å²) in [6.07, 6.45) is -1.66. The van der Waals surface area contributed by atoms with Crippen molar-refractivity contribution in [1.82, 2.24) is 4.90 Å². The van der Waals surface area contributed by atoms with E-state index in [2.05, 4.69) is 13.2 Å². The molecule has 0 aliphatic carbocycles. The third kappa shape index (κ3) is 2.40. The van der Waals surface area contributed by atoms with Gasteiger partial charge in [0, 0.05) is 24.9 Å². The lowest BCUT2D eigenvalue weighted by atomic mass is 9.97. The van der Waals surface area contributed by atoms with E-state index >= 15 is 0 Å². The highest BCUT2D eigenvalue weighted by molar-refractivity contribution is 5.82. The molecule has 0 aromatic carbocycles. The van der Waals surface area contributed by atoms with Crippen molar-refractivity contribution in [1.29, 1.82) is 0 Å². The van der Waals surface area contributed by atoms with Crippen LogP contribution in [0.15, 0.2) is 25.3 Å². The number of likely N-dealkylation sites (tertiary alicyclic amines) is 1. The van der Waals surface area contributed by atoms with Gasteiger partial charge in [-0.15, -0.1) is 13.2 Å². The molecule has 0 N–H and O–H groups in total. The maximum Gasteiger partial charge on any atom is 0.471 e. The van der Waals surface area contributed by atoms with Gasteiger partial charge in [-0.1, -0.05) is 12.2 Å². The number of carbonyl (C=O) groups is 1. The fourth-order valence-corrected chi connectivity index (χ4v) is 1.70. The molecule has 1 amide bonds. The lowest BCUT2D eigenvalue weighted by molar-refractivity contribution is -0.184. The summed E-state index contributed by atoms with van der Waals surface area (Å²) in [6, 6.07) is 0. The van der Waals surface area contributed by atoms with Crippen LogP contribution in [-0.4, -0.2) is 30.1 Å². The molecule has 0 saturated carbocycles. The van der Waals surface area contributed by atoms with Gasteiger partial charge in [0.25, 0.3) is 0 Å². The van der Waals surface area contributed by atoms with Gasteiger partial charge >= 0.3 is 12.1 Å². The molecule has 15 heavy (non-hydrogen) atoms. The van der Waals surface area contributed by atoms with Gasteiger partial charge in [0.05, 0.1) is 0 Å². The van der Waals surface area contributed by atoms with Gasteiger partial charge < -0.3 is 4.90 Å². The highest BCUT2D eigenvalue weighted by Crippen LogP contribution is 2.29. The Bertz CT molecular complexity index is 269. The average molecular weight is 219 g/mol. The normalized spacial score (nSPS) is 26.5. The number of halogens is 3. The maximum absolute atomic E-state index is 12.1. The van der Waals surface area contributed by atoms with Crippen molar-refractivity contribution < 1.29 is 18.0 Å². The second-order valence-corrected chi connectivity index (χ2v) is 3.51. The second kappa shape index (κ2) is 4.08. The van der Waals surface area contributed by atoms with Crippen LogP contribution >= 0.6 is 0 Å². The molecular weight excluding hydrogens is 207 g/mol. The number of hydrogen-bond donors (Lipinski definition) is 0. The lowest BCUT2D eigenvalue weighted by Gasteiger charge is -2.17. The molecule has 84 valence electrons. The summed E-state index contributed by atoms with van der Waals surface area (Å²) in [5, 5.41) is 0. The van der Waals surface area contributed by atoms with Crippen LogP contribution in [0.1, 0.15) is 0 Å². The Kier molecular flexibility index (Phi) is 3.21. The van der Waals surface area contributed by atoms with Gasteiger partial charge in [-0.3, -0.25) is 4.79 Å². The molecule has 0 spiro atoms. The van der Waals surface area contributed by atoms with E-state index in [1.807, 2.05) is 0 Å².